The third kappa shape index (κ3) is 5.72. The monoisotopic (exact) mass is 267 g/mol. The van der Waals surface area contributed by atoms with E-state index < -0.39 is 5.97 Å². The number of carbonyl (C=O) groups excluding carboxylic acids is 1. The van der Waals surface area contributed by atoms with Gasteiger partial charge < -0.3 is 10.4 Å². The highest BCUT2D eigenvalue weighted by Crippen LogP contribution is 2.19. The SMILES string of the molecule is CSc1cccc(NC(=O)CCCCC(=O)O)c1. The molecule has 0 heterocycles. The number of hydrogen-bond donors (Lipinski definition) is 2. The quantitative estimate of drug-likeness (QED) is 0.588. The van der Waals surface area contributed by atoms with Gasteiger partial charge >= 0.3 is 5.97 Å². The zero-order valence-corrected chi connectivity index (χ0v) is 11.1. The van der Waals surface area contributed by atoms with Gasteiger partial charge in [0.05, 0.1) is 0 Å². The topological polar surface area (TPSA) is 66.4 Å². The predicted octanol–water partition coefficient (Wildman–Crippen LogP) is 2.99. The summed E-state index contributed by atoms with van der Waals surface area (Å²) in [6.07, 6.45) is 3.59. The molecule has 0 bridgehead atoms. The summed E-state index contributed by atoms with van der Waals surface area (Å²) in [5.74, 6) is -0.887. The van der Waals surface area contributed by atoms with Gasteiger partial charge in [0.2, 0.25) is 5.91 Å². The van der Waals surface area contributed by atoms with Crippen molar-refractivity contribution in [1.29, 1.82) is 0 Å². The second-order valence-corrected chi connectivity index (χ2v) is 4.76. The van der Waals surface area contributed by atoms with Crippen LogP contribution in [-0.4, -0.2) is 23.2 Å². The smallest absolute Gasteiger partial charge is 0.303 e. The van der Waals surface area contributed by atoms with Gasteiger partial charge in [-0.3, -0.25) is 9.59 Å². The number of carboxylic acids is 1. The number of unbranched alkanes of at least 4 members (excludes halogenated alkanes) is 1. The molecule has 4 nitrogen and oxygen atoms in total. The van der Waals surface area contributed by atoms with Crippen molar-refractivity contribution in [1.82, 2.24) is 0 Å². The highest BCUT2D eigenvalue weighted by Gasteiger charge is 2.04. The Balaban J connectivity index is 2.33. The van der Waals surface area contributed by atoms with Crippen LogP contribution in [0.5, 0.6) is 0 Å². The Bertz CT molecular complexity index is 420. The molecule has 1 amide bonds. The maximum atomic E-state index is 11.6. The number of benzene rings is 1. The molecule has 0 unspecified atom stereocenters. The molecule has 0 atom stereocenters. The van der Waals surface area contributed by atoms with E-state index in [0.717, 1.165) is 10.6 Å². The molecule has 5 heteroatoms. The van der Waals surface area contributed by atoms with Crippen LogP contribution in [0.3, 0.4) is 0 Å². The van der Waals surface area contributed by atoms with Crippen molar-refractivity contribution in [2.24, 2.45) is 0 Å². The molecule has 1 aromatic rings. The van der Waals surface area contributed by atoms with Gasteiger partial charge in [-0.05, 0) is 37.3 Å². The minimum atomic E-state index is -0.817. The van der Waals surface area contributed by atoms with Gasteiger partial charge in [-0.2, -0.15) is 0 Å². The number of nitrogens with one attached hydrogen (secondary N) is 1. The number of hydrogen-bond acceptors (Lipinski definition) is 3. The summed E-state index contributed by atoms with van der Waals surface area (Å²) in [5.41, 5.74) is 0.782. The Hall–Kier alpha value is -1.49. The molecule has 0 radical (unpaired) electrons. The molecule has 1 aromatic carbocycles. The van der Waals surface area contributed by atoms with Crippen molar-refractivity contribution in [2.75, 3.05) is 11.6 Å². The van der Waals surface area contributed by atoms with Gasteiger partial charge in [-0.15, -0.1) is 11.8 Å². The first kappa shape index (κ1) is 14.6. The van der Waals surface area contributed by atoms with Gasteiger partial charge in [0.1, 0.15) is 0 Å². The minimum absolute atomic E-state index is 0.0707. The van der Waals surface area contributed by atoms with Crippen molar-refractivity contribution in [3.05, 3.63) is 24.3 Å². The highest BCUT2D eigenvalue weighted by molar-refractivity contribution is 7.98. The van der Waals surface area contributed by atoms with Gasteiger partial charge in [0.15, 0.2) is 0 Å². The second-order valence-electron chi connectivity index (χ2n) is 3.88. The molecule has 0 aliphatic rings. The van der Waals surface area contributed by atoms with Crippen molar-refractivity contribution < 1.29 is 14.7 Å². The Morgan fingerprint density at radius 3 is 2.67 bits per heavy atom. The van der Waals surface area contributed by atoms with Crippen molar-refractivity contribution >= 4 is 29.3 Å². The molecular formula is C13H17NO3S. The van der Waals surface area contributed by atoms with E-state index in [0.29, 0.717) is 19.3 Å². The van der Waals surface area contributed by atoms with Crippen LogP contribution in [0, 0.1) is 0 Å². The first-order valence-corrected chi connectivity index (χ1v) is 7.00. The van der Waals surface area contributed by atoms with E-state index in [9.17, 15) is 9.59 Å². The molecule has 0 fully saturated rings. The Labute approximate surface area is 111 Å². The summed E-state index contributed by atoms with van der Waals surface area (Å²) in [7, 11) is 0. The first-order chi connectivity index (χ1) is 8.61. The number of amides is 1. The summed E-state index contributed by atoms with van der Waals surface area (Å²) in [5, 5.41) is 11.3. The van der Waals surface area contributed by atoms with Gasteiger partial charge in [-0.25, -0.2) is 0 Å². The summed E-state index contributed by atoms with van der Waals surface area (Å²) in [6.45, 7) is 0. The molecule has 0 spiro atoms. The standard InChI is InChI=1S/C13H17NO3S/c1-18-11-6-4-5-10(9-11)14-12(15)7-2-3-8-13(16)17/h4-6,9H,2-3,7-8H2,1H3,(H,14,15)(H,16,17). The van der Waals surface area contributed by atoms with Crippen LogP contribution >= 0.6 is 11.8 Å². The zero-order chi connectivity index (χ0) is 13.4. The summed E-state index contributed by atoms with van der Waals surface area (Å²) in [4.78, 5) is 23.0. The van der Waals surface area contributed by atoms with E-state index >= 15 is 0 Å². The number of aliphatic carboxylic acids is 1. The minimum Gasteiger partial charge on any atom is -0.481 e. The van der Waals surface area contributed by atoms with Crippen molar-refractivity contribution in [3.8, 4) is 0 Å². The third-order valence-electron chi connectivity index (χ3n) is 2.40. The molecule has 0 saturated heterocycles. The molecule has 18 heavy (non-hydrogen) atoms. The second kappa shape index (κ2) is 7.76. The summed E-state index contributed by atoms with van der Waals surface area (Å²) in [6, 6.07) is 7.63. The van der Waals surface area contributed by atoms with Crippen molar-refractivity contribution in [2.45, 2.75) is 30.6 Å². The van der Waals surface area contributed by atoms with Crippen LogP contribution in [-0.2, 0) is 9.59 Å². The van der Waals surface area contributed by atoms with Crippen LogP contribution < -0.4 is 5.32 Å². The number of rotatable bonds is 7. The van der Waals surface area contributed by atoms with E-state index in [1.54, 1.807) is 11.8 Å². The third-order valence-corrected chi connectivity index (χ3v) is 3.12. The largest absolute Gasteiger partial charge is 0.481 e. The van der Waals surface area contributed by atoms with Gasteiger partial charge in [-0.1, -0.05) is 6.07 Å². The lowest BCUT2D eigenvalue weighted by Gasteiger charge is -2.06. The lowest BCUT2D eigenvalue weighted by atomic mass is 10.2. The van der Waals surface area contributed by atoms with E-state index in [1.807, 2.05) is 30.5 Å². The molecule has 0 saturated carbocycles. The molecule has 98 valence electrons. The summed E-state index contributed by atoms with van der Waals surface area (Å²) >= 11 is 1.62. The van der Waals surface area contributed by atoms with E-state index in [1.165, 1.54) is 0 Å². The van der Waals surface area contributed by atoms with Crippen LogP contribution in [0.25, 0.3) is 0 Å². The van der Waals surface area contributed by atoms with Gasteiger partial charge in [0.25, 0.3) is 0 Å². The molecule has 2 N–H and O–H groups in total. The zero-order valence-electron chi connectivity index (χ0n) is 10.3. The Morgan fingerprint density at radius 2 is 2.00 bits per heavy atom. The molecule has 0 aliphatic heterocycles. The lowest BCUT2D eigenvalue weighted by molar-refractivity contribution is -0.137. The lowest BCUT2D eigenvalue weighted by Crippen LogP contribution is -2.11. The first-order valence-electron chi connectivity index (χ1n) is 5.77. The number of carboxylic acid groups (broad SMARTS) is 1. The van der Waals surface area contributed by atoms with Gasteiger partial charge in [0, 0.05) is 23.4 Å². The molecule has 1 rings (SSSR count). The molecule has 0 aromatic heterocycles. The fourth-order valence-corrected chi connectivity index (χ4v) is 1.95. The van der Waals surface area contributed by atoms with Crippen LogP contribution in [0.4, 0.5) is 5.69 Å². The maximum absolute atomic E-state index is 11.6. The number of thioether (sulfide) groups is 1. The highest BCUT2D eigenvalue weighted by atomic mass is 32.2. The predicted molar refractivity (Wildman–Crippen MR) is 73.0 cm³/mol. The van der Waals surface area contributed by atoms with E-state index in [4.69, 9.17) is 5.11 Å². The fraction of sp³-hybridized carbons (Fsp3) is 0.385. The van der Waals surface area contributed by atoms with Crippen LogP contribution in [0.1, 0.15) is 25.7 Å². The fourth-order valence-electron chi connectivity index (χ4n) is 1.49. The molecular weight excluding hydrogens is 250 g/mol. The van der Waals surface area contributed by atoms with Crippen molar-refractivity contribution in [3.63, 3.8) is 0 Å². The average Bonchev–Trinajstić information content (AvgIpc) is 2.34. The average molecular weight is 267 g/mol. The maximum Gasteiger partial charge on any atom is 0.303 e. The Morgan fingerprint density at radius 1 is 1.28 bits per heavy atom. The van der Waals surface area contributed by atoms with Crippen LogP contribution in [0.2, 0.25) is 0 Å². The normalized spacial score (nSPS) is 10.1. The van der Waals surface area contributed by atoms with E-state index in [2.05, 4.69) is 5.32 Å². The summed E-state index contributed by atoms with van der Waals surface area (Å²) < 4.78 is 0. The van der Waals surface area contributed by atoms with Crippen LogP contribution in [0.15, 0.2) is 29.2 Å². The Kier molecular flexibility index (Phi) is 6.28. The van der Waals surface area contributed by atoms with E-state index in [-0.39, 0.29) is 12.3 Å². The number of carbonyl (C=O) groups is 2. The number of anilines is 1. The molecule has 0 aliphatic carbocycles.